The van der Waals surface area contributed by atoms with Crippen LogP contribution in [0, 0.1) is 0 Å². The molecule has 2 unspecified atom stereocenters. The lowest BCUT2D eigenvalue weighted by molar-refractivity contribution is 1.12. The Labute approximate surface area is 163 Å². The molecular weight excluding hydrogens is 377 g/mol. The molecule has 0 amide bonds. The summed E-state index contributed by atoms with van der Waals surface area (Å²) in [6, 6.07) is 21.1. The first-order valence-electron chi connectivity index (χ1n) is 7.53. The second-order valence-electron chi connectivity index (χ2n) is 5.09. The van der Waals surface area contributed by atoms with Gasteiger partial charge in [0.1, 0.15) is 0 Å². The summed E-state index contributed by atoms with van der Waals surface area (Å²) in [7, 11) is 0. The number of benzene rings is 2. The van der Waals surface area contributed by atoms with Crippen molar-refractivity contribution in [2.75, 3.05) is 23.0 Å². The van der Waals surface area contributed by atoms with Crippen molar-refractivity contribution >= 4 is 60.5 Å². The molecule has 0 aromatic heterocycles. The Morgan fingerprint density at radius 1 is 0.609 bits per heavy atom. The fourth-order valence-electron chi connectivity index (χ4n) is 1.85. The molecule has 0 radical (unpaired) electrons. The van der Waals surface area contributed by atoms with E-state index in [2.05, 4.69) is 60.7 Å². The van der Waals surface area contributed by atoms with Crippen molar-refractivity contribution in [2.45, 2.75) is 20.3 Å². The summed E-state index contributed by atoms with van der Waals surface area (Å²) >= 11 is 15.1. The summed E-state index contributed by atoms with van der Waals surface area (Å²) in [6.07, 6.45) is 0. The van der Waals surface area contributed by atoms with E-state index >= 15 is 0 Å². The number of rotatable bonds is 10. The molecule has 2 aromatic carbocycles. The molecule has 2 atom stereocenters. The van der Waals surface area contributed by atoms with Crippen LogP contribution in [0.1, 0.15) is 0 Å². The molecule has 23 heavy (non-hydrogen) atoms. The lowest BCUT2D eigenvalue weighted by Gasteiger charge is -2.13. The molecule has 5 heteroatoms. The van der Waals surface area contributed by atoms with Gasteiger partial charge in [-0.1, -0.05) is 36.4 Å². The maximum atomic E-state index is 4.70. The number of hydrogen-bond donors (Lipinski definition) is 2. The van der Waals surface area contributed by atoms with Gasteiger partial charge in [0.2, 0.25) is 0 Å². The van der Waals surface area contributed by atoms with Crippen LogP contribution in [0.4, 0.5) is 0 Å². The summed E-state index contributed by atoms with van der Waals surface area (Å²) in [6.45, 7) is 0. The van der Waals surface area contributed by atoms with E-state index in [-0.39, 0.29) is 0 Å². The summed E-state index contributed by atoms with van der Waals surface area (Å²) in [5, 5.41) is 0.847. The van der Waals surface area contributed by atoms with Crippen LogP contribution in [0.15, 0.2) is 70.5 Å². The van der Waals surface area contributed by atoms with E-state index in [0.717, 1.165) is 23.0 Å². The van der Waals surface area contributed by atoms with Crippen LogP contribution < -0.4 is 0 Å². The number of thioether (sulfide) groups is 3. The maximum absolute atomic E-state index is 4.70. The van der Waals surface area contributed by atoms with Gasteiger partial charge in [-0.15, -0.1) is 23.5 Å². The summed E-state index contributed by atoms with van der Waals surface area (Å²) < 4.78 is 0. The lowest BCUT2D eigenvalue weighted by atomic mass is 10.4. The molecule has 0 spiro atoms. The maximum Gasteiger partial charge on any atom is 0.0202 e. The highest BCUT2D eigenvalue weighted by atomic mass is 32.2. The molecule has 0 nitrogen and oxygen atoms in total. The molecule has 0 bridgehead atoms. The van der Waals surface area contributed by atoms with Crippen LogP contribution in [-0.4, -0.2) is 33.5 Å². The highest BCUT2D eigenvalue weighted by molar-refractivity contribution is 8.02. The Bertz CT molecular complexity index is 482. The van der Waals surface area contributed by atoms with Crippen LogP contribution in [0.3, 0.4) is 0 Å². The fourth-order valence-corrected chi connectivity index (χ4v) is 5.85. The summed E-state index contributed by atoms with van der Waals surface area (Å²) in [5.41, 5.74) is 0. The second-order valence-corrected chi connectivity index (χ2v) is 9.82. The average molecular weight is 399 g/mol. The first kappa shape index (κ1) is 19.5. The van der Waals surface area contributed by atoms with Crippen molar-refractivity contribution in [2.24, 2.45) is 0 Å². The minimum atomic E-state index is 0.424. The molecule has 0 aliphatic carbocycles. The van der Waals surface area contributed by atoms with Crippen molar-refractivity contribution < 1.29 is 0 Å². The molecule has 0 aliphatic rings. The molecule has 0 N–H and O–H groups in total. The van der Waals surface area contributed by atoms with Gasteiger partial charge in [-0.3, -0.25) is 0 Å². The van der Waals surface area contributed by atoms with Crippen LogP contribution in [0.2, 0.25) is 0 Å². The first-order chi connectivity index (χ1) is 11.2. The van der Waals surface area contributed by atoms with Crippen molar-refractivity contribution in [3.8, 4) is 0 Å². The predicted octanol–water partition coefficient (Wildman–Crippen LogP) is 5.90. The zero-order chi connectivity index (χ0) is 16.3. The second kappa shape index (κ2) is 11.7. The van der Waals surface area contributed by atoms with E-state index in [1.165, 1.54) is 9.79 Å². The fraction of sp³-hybridized carbons (Fsp3) is 0.333. The van der Waals surface area contributed by atoms with Gasteiger partial charge in [0.25, 0.3) is 0 Å². The van der Waals surface area contributed by atoms with E-state index in [1.54, 1.807) is 0 Å². The molecule has 2 aromatic rings. The summed E-state index contributed by atoms with van der Waals surface area (Å²) in [4.78, 5) is 2.64. The topological polar surface area (TPSA) is 0 Å². The van der Waals surface area contributed by atoms with Gasteiger partial charge in [0.05, 0.1) is 0 Å². The zero-order valence-electron chi connectivity index (χ0n) is 12.9. The van der Waals surface area contributed by atoms with Gasteiger partial charge >= 0.3 is 0 Å². The third-order valence-electron chi connectivity index (χ3n) is 2.99. The van der Waals surface area contributed by atoms with Gasteiger partial charge in [-0.2, -0.15) is 37.0 Å². The smallest absolute Gasteiger partial charge is 0.0202 e. The molecule has 2 rings (SSSR count). The Balaban J connectivity index is 1.55. The van der Waals surface area contributed by atoms with Crippen molar-refractivity contribution in [3.05, 3.63) is 60.7 Å². The largest absolute Gasteiger partial charge is 0.174 e. The Morgan fingerprint density at radius 3 is 1.39 bits per heavy atom. The molecule has 0 aliphatic heterocycles. The molecule has 0 saturated carbocycles. The summed E-state index contributed by atoms with van der Waals surface area (Å²) in [5.74, 6) is 4.26. The van der Waals surface area contributed by atoms with Gasteiger partial charge in [0.15, 0.2) is 0 Å². The molecule has 124 valence electrons. The third-order valence-corrected chi connectivity index (χ3v) is 8.34. The van der Waals surface area contributed by atoms with Crippen molar-refractivity contribution in [1.82, 2.24) is 0 Å². The van der Waals surface area contributed by atoms with E-state index in [0.29, 0.717) is 10.5 Å². The highest BCUT2D eigenvalue weighted by Crippen LogP contribution is 2.24. The predicted molar refractivity (Wildman–Crippen MR) is 117 cm³/mol. The number of thiol groups is 2. The molecule has 0 fully saturated rings. The lowest BCUT2D eigenvalue weighted by Crippen LogP contribution is -2.11. The van der Waals surface area contributed by atoms with Gasteiger partial charge in [-0.25, -0.2) is 0 Å². The van der Waals surface area contributed by atoms with Crippen LogP contribution in [-0.2, 0) is 0 Å². The zero-order valence-corrected chi connectivity index (χ0v) is 17.1. The SMILES string of the molecule is SC(CSCC(S)CSc1ccccc1)CSc1ccccc1. The van der Waals surface area contributed by atoms with Crippen LogP contribution in [0.25, 0.3) is 0 Å². The van der Waals surface area contributed by atoms with Gasteiger partial charge in [-0.05, 0) is 24.3 Å². The normalized spacial score (nSPS) is 13.7. The highest BCUT2D eigenvalue weighted by Gasteiger charge is 2.08. The molecular formula is C18H22S5. The molecule has 0 heterocycles. The molecule has 0 saturated heterocycles. The number of hydrogen-bond acceptors (Lipinski definition) is 5. The Kier molecular flexibility index (Phi) is 9.92. The van der Waals surface area contributed by atoms with E-state index in [1.807, 2.05) is 35.3 Å². The van der Waals surface area contributed by atoms with E-state index in [9.17, 15) is 0 Å². The Morgan fingerprint density at radius 2 is 1.00 bits per heavy atom. The van der Waals surface area contributed by atoms with Gasteiger partial charge in [0, 0.05) is 43.3 Å². The van der Waals surface area contributed by atoms with Crippen molar-refractivity contribution in [1.29, 1.82) is 0 Å². The van der Waals surface area contributed by atoms with Crippen LogP contribution in [0.5, 0.6) is 0 Å². The minimum Gasteiger partial charge on any atom is -0.174 e. The average Bonchev–Trinajstić information content (AvgIpc) is 2.60. The first-order valence-corrected chi connectivity index (χ1v) is 11.7. The third kappa shape index (κ3) is 8.73. The standard InChI is InChI=1S/C18H22S5/c19-15(13-22-17-7-3-1-4-8-17)11-21-12-16(20)14-23-18-9-5-2-6-10-18/h1-10,15-16,19-20H,11-14H2. The quantitative estimate of drug-likeness (QED) is 0.378. The minimum absolute atomic E-state index is 0.424. The Hall–Kier alpha value is 0.190. The van der Waals surface area contributed by atoms with Crippen LogP contribution >= 0.6 is 60.5 Å². The van der Waals surface area contributed by atoms with Gasteiger partial charge < -0.3 is 0 Å². The van der Waals surface area contributed by atoms with E-state index in [4.69, 9.17) is 25.3 Å². The monoisotopic (exact) mass is 398 g/mol. The van der Waals surface area contributed by atoms with Crippen molar-refractivity contribution in [3.63, 3.8) is 0 Å². The van der Waals surface area contributed by atoms with E-state index < -0.39 is 0 Å².